The molecule has 0 saturated heterocycles. The molecule has 23 heavy (non-hydrogen) atoms. The van der Waals surface area contributed by atoms with Gasteiger partial charge in [0, 0.05) is 13.2 Å². The molecular weight excluding hydrogens is 311 g/mol. The molecule has 0 saturated carbocycles. The second-order valence-electron chi connectivity index (χ2n) is 4.72. The van der Waals surface area contributed by atoms with Gasteiger partial charge in [0.25, 0.3) is 0 Å². The first-order valence-electron chi connectivity index (χ1n) is 6.60. The number of nitrogens with one attached hydrogen (secondary N) is 2. The van der Waals surface area contributed by atoms with Gasteiger partial charge in [-0.25, -0.2) is 4.98 Å². The summed E-state index contributed by atoms with van der Waals surface area (Å²) in [4.78, 5) is 7.49. The van der Waals surface area contributed by atoms with Gasteiger partial charge in [0.05, 0.1) is 23.6 Å². The van der Waals surface area contributed by atoms with Crippen LogP contribution in [0.4, 0.5) is 30.6 Å². The van der Waals surface area contributed by atoms with Crippen molar-refractivity contribution in [2.75, 3.05) is 17.7 Å². The summed E-state index contributed by atoms with van der Waals surface area (Å²) in [6.07, 6.45) is -2.37. The Balaban J connectivity index is 2.32. The predicted molar refractivity (Wildman–Crippen MR) is 77.2 cm³/mol. The van der Waals surface area contributed by atoms with Crippen molar-refractivity contribution < 1.29 is 13.2 Å². The minimum atomic E-state index is -4.54. The average molecular weight is 325 g/mol. The van der Waals surface area contributed by atoms with E-state index < -0.39 is 17.8 Å². The van der Waals surface area contributed by atoms with E-state index in [-0.39, 0.29) is 11.8 Å². The Kier molecular flexibility index (Phi) is 4.40. The molecule has 2 rings (SSSR count). The number of anilines is 3. The molecule has 2 N–H and O–H groups in total. The van der Waals surface area contributed by atoms with Crippen molar-refractivity contribution in [3.05, 3.63) is 23.7 Å². The zero-order chi connectivity index (χ0) is 17.2. The van der Waals surface area contributed by atoms with E-state index in [1.807, 2.05) is 6.07 Å². The van der Waals surface area contributed by atoms with Gasteiger partial charge in [0.15, 0.2) is 0 Å². The van der Waals surface area contributed by atoms with Crippen LogP contribution >= 0.6 is 0 Å². The van der Waals surface area contributed by atoms with Gasteiger partial charge in [0.2, 0.25) is 5.95 Å². The summed E-state index contributed by atoms with van der Waals surface area (Å²) in [7, 11) is 1.35. The number of aromatic nitrogens is 4. The highest BCUT2D eigenvalue weighted by atomic mass is 19.4. The lowest BCUT2D eigenvalue weighted by Crippen LogP contribution is -2.12. The summed E-state index contributed by atoms with van der Waals surface area (Å²) in [5.74, 6) is -0.333. The van der Waals surface area contributed by atoms with Gasteiger partial charge in [-0.15, -0.1) is 0 Å². The maximum absolute atomic E-state index is 12.8. The van der Waals surface area contributed by atoms with Crippen LogP contribution in [-0.4, -0.2) is 26.8 Å². The normalized spacial score (nSPS) is 12.6. The number of halogens is 3. The van der Waals surface area contributed by atoms with Crippen molar-refractivity contribution in [2.45, 2.75) is 26.1 Å². The van der Waals surface area contributed by atoms with E-state index in [0.717, 1.165) is 0 Å². The summed E-state index contributed by atoms with van der Waals surface area (Å²) in [5, 5.41) is 18.2. The summed E-state index contributed by atoms with van der Waals surface area (Å²) in [6.45, 7) is 3.41. The lowest BCUT2D eigenvalue weighted by atomic mass is 10.3. The fourth-order valence-corrected chi connectivity index (χ4v) is 1.95. The lowest BCUT2D eigenvalue weighted by Gasteiger charge is -2.13. The smallest absolute Gasteiger partial charge is 0.372 e. The zero-order valence-corrected chi connectivity index (χ0v) is 12.6. The van der Waals surface area contributed by atoms with E-state index in [4.69, 9.17) is 5.26 Å². The molecule has 0 aliphatic carbocycles. The van der Waals surface area contributed by atoms with Crippen LogP contribution in [0.15, 0.2) is 12.4 Å². The largest absolute Gasteiger partial charge is 0.421 e. The fourth-order valence-electron chi connectivity index (χ4n) is 1.95. The Morgan fingerprint density at radius 2 is 2.04 bits per heavy atom. The average Bonchev–Trinajstić information content (AvgIpc) is 2.86. The highest BCUT2D eigenvalue weighted by Gasteiger charge is 2.35. The summed E-state index contributed by atoms with van der Waals surface area (Å²) < 4.78 is 39.9. The minimum Gasteiger partial charge on any atom is -0.372 e. The third-order valence-electron chi connectivity index (χ3n) is 3.18. The molecule has 1 atom stereocenters. The van der Waals surface area contributed by atoms with E-state index in [1.165, 1.54) is 17.9 Å². The maximum atomic E-state index is 12.8. The summed E-state index contributed by atoms with van der Waals surface area (Å²) in [6, 6.07) is 1.58. The Labute approximate surface area is 130 Å². The van der Waals surface area contributed by atoms with Crippen LogP contribution in [-0.2, 0) is 6.18 Å². The Morgan fingerprint density at radius 3 is 2.61 bits per heavy atom. The van der Waals surface area contributed by atoms with Gasteiger partial charge >= 0.3 is 6.18 Å². The van der Waals surface area contributed by atoms with E-state index >= 15 is 0 Å². The van der Waals surface area contributed by atoms with E-state index in [0.29, 0.717) is 17.6 Å². The molecular formula is C13H14F3N7. The number of rotatable bonds is 4. The molecule has 10 heteroatoms. The van der Waals surface area contributed by atoms with Crippen molar-refractivity contribution in [1.82, 2.24) is 19.7 Å². The number of hydrogen-bond donors (Lipinski definition) is 2. The number of alkyl halides is 3. The predicted octanol–water partition coefficient (Wildman–Crippen LogP) is 2.87. The van der Waals surface area contributed by atoms with Crippen LogP contribution in [0.1, 0.15) is 24.2 Å². The molecule has 1 unspecified atom stereocenters. The molecule has 0 aliphatic heterocycles. The van der Waals surface area contributed by atoms with Crippen molar-refractivity contribution in [3.8, 4) is 6.07 Å². The van der Waals surface area contributed by atoms with Crippen LogP contribution in [0.2, 0.25) is 0 Å². The van der Waals surface area contributed by atoms with Crippen molar-refractivity contribution >= 4 is 17.5 Å². The van der Waals surface area contributed by atoms with E-state index in [9.17, 15) is 13.2 Å². The second-order valence-corrected chi connectivity index (χ2v) is 4.72. The Hall–Kier alpha value is -2.83. The third-order valence-corrected chi connectivity index (χ3v) is 3.18. The maximum Gasteiger partial charge on any atom is 0.421 e. The lowest BCUT2D eigenvalue weighted by molar-refractivity contribution is -0.137. The monoisotopic (exact) mass is 325 g/mol. The molecule has 0 amide bonds. The van der Waals surface area contributed by atoms with Crippen molar-refractivity contribution in [1.29, 1.82) is 5.26 Å². The molecule has 0 aromatic carbocycles. The fraction of sp³-hybridized carbons (Fsp3) is 0.385. The van der Waals surface area contributed by atoms with Gasteiger partial charge in [0.1, 0.15) is 17.4 Å². The number of hydrogen-bond acceptors (Lipinski definition) is 6. The molecule has 0 spiro atoms. The molecule has 7 nitrogen and oxygen atoms in total. The summed E-state index contributed by atoms with van der Waals surface area (Å²) >= 11 is 0. The zero-order valence-electron chi connectivity index (χ0n) is 12.6. The van der Waals surface area contributed by atoms with E-state index in [1.54, 1.807) is 13.8 Å². The highest BCUT2D eigenvalue weighted by molar-refractivity contribution is 5.58. The van der Waals surface area contributed by atoms with Gasteiger partial charge in [-0.05, 0) is 13.8 Å². The van der Waals surface area contributed by atoms with Gasteiger partial charge in [-0.3, -0.25) is 4.68 Å². The standard InChI is InChI=1S/C13H14F3N7/c1-7(4-17)23-8(2)10(6-20-23)21-12-19-5-9(13(14,15)16)11(18-3)22-12/h5-7H,1-3H3,(H2,18,19,21,22). The Bertz CT molecular complexity index is 745. The third kappa shape index (κ3) is 3.33. The van der Waals surface area contributed by atoms with Crippen LogP contribution in [0.5, 0.6) is 0 Å². The quantitative estimate of drug-likeness (QED) is 0.898. The molecule has 0 aliphatic rings. The number of nitriles is 1. The first-order chi connectivity index (χ1) is 10.8. The molecule has 0 bridgehead atoms. The topological polar surface area (TPSA) is 91.5 Å². The van der Waals surface area contributed by atoms with Gasteiger partial charge in [-0.1, -0.05) is 0 Å². The van der Waals surface area contributed by atoms with Gasteiger partial charge in [-0.2, -0.15) is 28.5 Å². The van der Waals surface area contributed by atoms with Crippen LogP contribution in [0.25, 0.3) is 0 Å². The van der Waals surface area contributed by atoms with Crippen LogP contribution in [0, 0.1) is 18.3 Å². The highest BCUT2D eigenvalue weighted by Crippen LogP contribution is 2.34. The van der Waals surface area contributed by atoms with Crippen molar-refractivity contribution in [3.63, 3.8) is 0 Å². The minimum absolute atomic E-state index is 0.00499. The van der Waals surface area contributed by atoms with Gasteiger partial charge < -0.3 is 10.6 Å². The van der Waals surface area contributed by atoms with Crippen molar-refractivity contribution in [2.24, 2.45) is 0 Å². The molecule has 2 heterocycles. The molecule has 0 fully saturated rings. The van der Waals surface area contributed by atoms with Crippen LogP contribution in [0.3, 0.4) is 0 Å². The molecule has 0 radical (unpaired) electrons. The van der Waals surface area contributed by atoms with Crippen LogP contribution < -0.4 is 10.6 Å². The SMILES string of the molecule is CNc1nc(Nc2cnn(C(C)C#N)c2C)ncc1C(F)(F)F. The first-order valence-corrected chi connectivity index (χ1v) is 6.60. The molecule has 2 aromatic heterocycles. The summed E-state index contributed by atoms with van der Waals surface area (Å²) in [5.41, 5.74) is 0.207. The second kappa shape index (κ2) is 6.12. The Morgan fingerprint density at radius 1 is 1.35 bits per heavy atom. The molecule has 122 valence electrons. The molecule has 2 aromatic rings. The number of nitrogens with zero attached hydrogens (tertiary/aromatic N) is 5. The first kappa shape index (κ1) is 16.5. The van der Waals surface area contributed by atoms with E-state index in [2.05, 4.69) is 25.7 Å².